The van der Waals surface area contributed by atoms with Gasteiger partial charge in [0, 0.05) is 24.1 Å². The summed E-state index contributed by atoms with van der Waals surface area (Å²) in [7, 11) is 1.66. The molecular formula is C22H23ClN6O2. The van der Waals surface area contributed by atoms with Crippen molar-refractivity contribution in [3.8, 4) is 17.5 Å². The zero-order valence-corrected chi connectivity index (χ0v) is 18.5. The number of carbonyl (C=O) groups is 1. The van der Waals surface area contributed by atoms with Gasteiger partial charge in [-0.3, -0.25) is 15.2 Å². The SMILES string of the molecule is COCC(C)n1c(C)cc(C=C(C#N)C(=O)Nc2n[nH]c(-c3ccccc3Cl)n2)c1C. The molecule has 160 valence electrons. The Morgan fingerprint density at radius 3 is 2.84 bits per heavy atom. The third-order valence-electron chi connectivity index (χ3n) is 4.88. The van der Waals surface area contributed by atoms with Gasteiger partial charge in [-0.05, 0) is 50.6 Å². The van der Waals surface area contributed by atoms with E-state index in [0.29, 0.717) is 23.0 Å². The minimum atomic E-state index is -0.595. The molecule has 8 nitrogen and oxygen atoms in total. The Morgan fingerprint density at radius 2 is 2.16 bits per heavy atom. The Kier molecular flexibility index (Phi) is 6.90. The lowest BCUT2D eigenvalue weighted by Crippen LogP contribution is -2.15. The number of aromatic nitrogens is 4. The fourth-order valence-corrected chi connectivity index (χ4v) is 3.73. The molecule has 0 spiro atoms. The summed E-state index contributed by atoms with van der Waals surface area (Å²) in [6, 6.07) is 11.2. The maximum atomic E-state index is 12.7. The zero-order valence-electron chi connectivity index (χ0n) is 17.7. The van der Waals surface area contributed by atoms with E-state index in [4.69, 9.17) is 16.3 Å². The van der Waals surface area contributed by atoms with Crippen LogP contribution in [-0.4, -0.2) is 39.4 Å². The maximum Gasteiger partial charge on any atom is 0.268 e. The largest absolute Gasteiger partial charge is 0.383 e. The number of ether oxygens (including phenoxy) is 1. The highest BCUT2D eigenvalue weighted by molar-refractivity contribution is 6.33. The molecule has 1 aromatic carbocycles. The van der Waals surface area contributed by atoms with Gasteiger partial charge in [0.15, 0.2) is 5.82 Å². The number of nitriles is 1. The van der Waals surface area contributed by atoms with Gasteiger partial charge in [0.1, 0.15) is 11.6 Å². The topological polar surface area (TPSA) is 109 Å². The monoisotopic (exact) mass is 438 g/mol. The Hall–Kier alpha value is -3.41. The highest BCUT2D eigenvalue weighted by Gasteiger charge is 2.17. The molecule has 0 fully saturated rings. The molecule has 3 aromatic rings. The number of anilines is 1. The molecule has 2 heterocycles. The smallest absolute Gasteiger partial charge is 0.268 e. The van der Waals surface area contributed by atoms with E-state index >= 15 is 0 Å². The molecule has 0 radical (unpaired) electrons. The quantitative estimate of drug-likeness (QED) is 0.422. The Labute approximate surface area is 185 Å². The summed E-state index contributed by atoms with van der Waals surface area (Å²) < 4.78 is 7.37. The highest BCUT2D eigenvalue weighted by Crippen LogP contribution is 2.25. The van der Waals surface area contributed by atoms with E-state index in [9.17, 15) is 10.1 Å². The number of hydrogen-bond donors (Lipinski definition) is 2. The predicted octanol–water partition coefficient (Wildman–Crippen LogP) is 4.30. The zero-order chi connectivity index (χ0) is 22.5. The van der Waals surface area contributed by atoms with Crippen molar-refractivity contribution in [1.29, 1.82) is 5.26 Å². The second kappa shape index (κ2) is 9.60. The highest BCUT2D eigenvalue weighted by atomic mass is 35.5. The third kappa shape index (κ3) is 4.85. The first-order chi connectivity index (χ1) is 14.8. The number of nitrogens with zero attached hydrogens (tertiary/aromatic N) is 4. The lowest BCUT2D eigenvalue weighted by molar-refractivity contribution is -0.112. The number of H-pyrrole nitrogens is 1. The number of hydrogen-bond acceptors (Lipinski definition) is 5. The molecular weight excluding hydrogens is 416 g/mol. The van der Waals surface area contributed by atoms with Crippen molar-refractivity contribution in [1.82, 2.24) is 19.7 Å². The number of amides is 1. The summed E-state index contributed by atoms with van der Waals surface area (Å²) in [5.74, 6) is -0.124. The van der Waals surface area contributed by atoms with Crippen LogP contribution < -0.4 is 5.32 Å². The minimum Gasteiger partial charge on any atom is -0.383 e. The summed E-state index contributed by atoms with van der Waals surface area (Å²) in [5, 5.41) is 19.3. The van der Waals surface area contributed by atoms with Gasteiger partial charge in [-0.1, -0.05) is 23.7 Å². The molecule has 0 saturated heterocycles. The van der Waals surface area contributed by atoms with Crippen LogP contribution in [0.1, 0.15) is 29.9 Å². The number of benzene rings is 1. The Morgan fingerprint density at radius 1 is 1.42 bits per heavy atom. The van der Waals surface area contributed by atoms with Gasteiger partial charge in [-0.25, -0.2) is 0 Å². The first-order valence-corrected chi connectivity index (χ1v) is 10.0. The molecule has 3 rings (SSSR count). The van der Waals surface area contributed by atoms with Crippen molar-refractivity contribution in [3.05, 3.63) is 57.9 Å². The van der Waals surface area contributed by atoms with Gasteiger partial charge in [-0.15, -0.1) is 5.10 Å². The van der Waals surface area contributed by atoms with E-state index in [0.717, 1.165) is 17.0 Å². The number of aryl methyl sites for hydroxylation is 1. The van der Waals surface area contributed by atoms with Crippen LogP contribution in [0.3, 0.4) is 0 Å². The van der Waals surface area contributed by atoms with E-state index in [2.05, 4.69) is 32.0 Å². The maximum absolute atomic E-state index is 12.7. The number of nitrogens with one attached hydrogen (secondary N) is 2. The number of halogens is 1. The summed E-state index contributed by atoms with van der Waals surface area (Å²) in [5.41, 5.74) is 3.36. The normalized spacial score (nSPS) is 12.5. The van der Waals surface area contributed by atoms with E-state index in [1.165, 1.54) is 0 Å². The molecule has 0 aliphatic heterocycles. The molecule has 0 bridgehead atoms. The van der Waals surface area contributed by atoms with Crippen LogP contribution in [0.2, 0.25) is 5.02 Å². The number of aromatic amines is 1. The van der Waals surface area contributed by atoms with Gasteiger partial charge >= 0.3 is 0 Å². The molecule has 31 heavy (non-hydrogen) atoms. The van der Waals surface area contributed by atoms with Crippen LogP contribution in [-0.2, 0) is 9.53 Å². The van der Waals surface area contributed by atoms with E-state index < -0.39 is 5.91 Å². The molecule has 0 aliphatic rings. The van der Waals surface area contributed by atoms with Crippen LogP contribution in [0.4, 0.5) is 5.95 Å². The minimum absolute atomic E-state index is 0.0521. The first-order valence-electron chi connectivity index (χ1n) is 9.63. The van der Waals surface area contributed by atoms with Crippen LogP contribution >= 0.6 is 11.6 Å². The molecule has 1 atom stereocenters. The molecule has 0 saturated carbocycles. The number of methoxy groups -OCH3 is 1. The molecule has 2 N–H and O–H groups in total. The van der Waals surface area contributed by atoms with Gasteiger partial charge < -0.3 is 9.30 Å². The van der Waals surface area contributed by atoms with Crippen LogP contribution in [0.15, 0.2) is 35.9 Å². The fourth-order valence-electron chi connectivity index (χ4n) is 3.51. The summed E-state index contributed by atoms with van der Waals surface area (Å²) in [6.07, 6.45) is 1.56. The van der Waals surface area contributed by atoms with Gasteiger partial charge in [0.05, 0.1) is 17.7 Å². The van der Waals surface area contributed by atoms with Crippen molar-refractivity contribution in [2.45, 2.75) is 26.8 Å². The van der Waals surface area contributed by atoms with Gasteiger partial charge in [0.25, 0.3) is 5.91 Å². The number of rotatable bonds is 7. The predicted molar refractivity (Wildman–Crippen MR) is 120 cm³/mol. The molecule has 2 aromatic heterocycles. The molecule has 1 unspecified atom stereocenters. The molecule has 9 heteroatoms. The van der Waals surface area contributed by atoms with Gasteiger partial charge in [0.2, 0.25) is 5.95 Å². The van der Waals surface area contributed by atoms with Crippen molar-refractivity contribution in [2.75, 3.05) is 19.0 Å². The van der Waals surface area contributed by atoms with Crippen molar-refractivity contribution in [2.24, 2.45) is 0 Å². The Balaban J connectivity index is 1.82. The van der Waals surface area contributed by atoms with Crippen molar-refractivity contribution in [3.63, 3.8) is 0 Å². The first kappa shape index (κ1) is 22.3. The lowest BCUT2D eigenvalue weighted by atomic mass is 10.1. The third-order valence-corrected chi connectivity index (χ3v) is 5.21. The summed E-state index contributed by atoms with van der Waals surface area (Å²) in [4.78, 5) is 16.9. The van der Waals surface area contributed by atoms with Crippen LogP contribution in [0.5, 0.6) is 0 Å². The summed E-state index contributed by atoms with van der Waals surface area (Å²) >= 11 is 6.17. The van der Waals surface area contributed by atoms with Crippen molar-refractivity contribution < 1.29 is 9.53 Å². The van der Waals surface area contributed by atoms with Gasteiger partial charge in [-0.2, -0.15) is 10.2 Å². The second-order valence-electron chi connectivity index (χ2n) is 7.11. The van der Waals surface area contributed by atoms with E-state index in [1.807, 2.05) is 38.1 Å². The van der Waals surface area contributed by atoms with Crippen LogP contribution in [0, 0.1) is 25.2 Å². The average molecular weight is 439 g/mol. The fraction of sp³-hybridized carbons (Fsp3) is 0.273. The average Bonchev–Trinajstić information content (AvgIpc) is 3.30. The number of carbonyl (C=O) groups excluding carboxylic acids is 1. The summed E-state index contributed by atoms with van der Waals surface area (Å²) in [6.45, 7) is 6.54. The van der Waals surface area contributed by atoms with Crippen molar-refractivity contribution >= 4 is 29.5 Å². The molecule has 0 aliphatic carbocycles. The van der Waals surface area contributed by atoms with E-state index in [-0.39, 0.29) is 17.6 Å². The standard InChI is InChI=1S/C22H23ClN6O2/c1-13-9-16(15(3)29(13)14(2)12-31-4)10-17(11-24)21(30)26-22-25-20(27-28-22)18-7-5-6-8-19(18)23/h5-10,14H,12H2,1-4H3,(H2,25,26,27,28,30). The second-order valence-corrected chi connectivity index (χ2v) is 7.52. The van der Waals surface area contributed by atoms with E-state index in [1.54, 1.807) is 25.3 Å². The molecule has 1 amide bonds. The lowest BCUT2D eigenvalue weighted by Gasteiger charge is -2.17. The van der Waals surface area contributed by atoms with Crippen LogP contribution in [0.25, 0.3) is 17.5 Å². The Bertz CT molecular complexity index is 1170.